The highest BCUT2D eigenvalue weighted by Crippen LogP contribution is 2.22. The molecule has 0 spiro atoms. The van der Waals surface area contributed by atoms with Gasteiger partial charge < -0.3 is 10.2 Å². The molecule has 0 saturated carbocycles. The summed E-state index contributed by atoms with van der Waals surface area (Å²) in [5, 5.41) is 3.28. The lowest BCUT2D eigenvalue weighted by Gasteiger charge is -2.37. The summed E-state index contributed by atoms with van der Waals surface area (Å²) >= 11 is 0. The third-order valence-corrected chi connectivity index (χ3v) is 5.33. The molecule has 4 heteroatoms. The van der Waals surface area contributed by atoms with Gasteiger partial charge in [0, 0.05) is 26.2 Å². The molecule has 3 rings (SSSR count). The summed E-state index contributed by atoms with van der Waals surface area (Å²) < 4.78 is 0. The van der Waals surface area contributed by atoms with E-state index in [2.05, 4.69) is 46.3 Å². The molecule has 1 N–H and O–H groups in total. The van der Waals surface area contributed by atoms with Crippen LogP contribution in [0.1, 0.15) is 31.0 Å². The summed E-state index contributed by atoms with van der Waals surface area (Å²) in [7, 11) is 0. The molecule has 1 aliphatic heterocycles. The number of rotatable bonds is 6. The number of hydrogen-bond donors (Lipinski definition) is 1. The Hall–Kier alpha value is -2.17. The first-order chi connectivity index (χ1) is 12.7. The standard InChI is InChI=1S/C22H29N3O/c1-3-24-14-16-25(17-15-24)18(2)22(26)23-21(19-10-6-4-7-11-19)20-12-8-5-9-13-20/h4-13,18,21H,3,14-17H2,1-2H3,(H,23,26). The lowest BCUT2D eigenvalue weighted by molar-refractivity contribution is -0.127. The average molecular weight is 351 g/mol. The Labute approximate surface area is 156 Å². The molecule has 1 heterocycles. The van der Waals surface area contributed by atoms with Gasteiger partial charge in [0.05, 0.1) is 12.1 Å². The van der Waals surface area contributed by atoms with Crippen molar-refractivity contribution in [1.82, 2.24) is 15.1 Å². The van der Waals surface area contributed by atoms with Crippen LogP contribution < -0.4 is 5.32 Å². The van der Waals surface area contributed by atoms with E-state index in [0.29, 0.717) is 0 Å². The summed E-state index contributed by atoms with van der Waals surface area (Å²) in [6, 6.07) is 20.1. The van der Waals surface area contributed by atoms with Crippen LogP contribution in [-0.4, -0.2) is 54.5 Å². The molecule has 26 heavy (non-hydrogen) atoms. The highest BCUT2D eigenvalue weighted by Gasteiger charge is 2.27. The van der Waals surface area contributed by atoms with Crippen LogP contribution in [0.4, 0.5) is 0 Å². The van der Waals surface area contributed by atoms with Gasteiger partial charge in [-0.25, -0.2) is 0 Å². The van der Waals surface area contributed by atoms with Gasteiger partial charge in [0.2, 0.25) is 5.91 Å². The Balaban J connectivity index is 1.71. The third kappa shape index (κ3) is 4.51. The molecule has 0 radical (unpaired) electrons. The quantitative estimate of drug-likeness (QED) is 0.869. The predicted octanol–water partition coefficient (Wildman–Crippen LogP) is 2.92. The van der Waals surface area contributed by atoms with Crippen LogP contribution in [0.2, 0.25) is 0 Å². The molecule has 4 nitrogen and oxygen atoms in total. The van der Waals surface area contributed by atoms with Gasteiger partial charge in [-0.15, -0.1) is 0 Å². The number of benzene rings is 2. The van der Waals surface area contributed by atoms with Crippen molar-refractivity contribution in [2.45, 2.75) is 25.9 Å². The van der Waals surface area contributed by atoms with E-state index in [-0.39, 0.29) is 18.0 Å². The molecule has 1 fully saturated rings. The van der Waals surface area contributed by atoms with Crippen molar-refractivity contribution < 1.29 is 4.79 Å². The fraction of sp³-hybridized carbons (Fsp3) is 0.409. The molecular formula is C22H29N3O. The molecule has 1 atom stereocenters. The molecule has 0 bridgehead atoms. The second-order valence-electron chi connectivity index (χ2n) is 6.91. The molecule has 1 unspecified atom stereocenters. The van der Waals surface area contributed by atoms with Gasteiger partial charge in [-0.05, 0) is 24.6 Å². The minimum atomic E-state index is -0.121. The normalized spacial score (nSPS) is 17.2. The number of hydrogen-bond acceptors (Lipinski definition) is 3. The molecule has 1 aliphatic rings. The van der Waals surface area contributed by atoms with Crippen LogP contribution in [-0.2, 0) is 4.79 Å². The van der Waals surface area contributed by atoms with Crippen molar-refractivity contribution in [3.63, 3.8) is 0 Å². The van der Waals surface area contributed by atoms with Crippen molar-refractivity contribution in [3.05, 3.63) is 71.8 Å². The first-order valence-corrected chi connectivity index (χ1v) is 9.55. The van der Waals surface area contributed by atoms with E-state index < -0.39 is 0 Å². The zero-order valence-corrected chi connectivity index (χ0v) is 15.8. The van der Waals surface area contributed by atoms with Crippen LogP contribution in [0.15, 0.2) is 60.7 Å². The van der Waals surface area contributed by atoms with Gasteiger partial charge >= 0.3 is 0 Å². The maximum absolute atomic E-state index is 13.0. The summed E-state index contributed by atoms with van der Waals surface area (Å²) in [5.41, 5.74) is 2.21. The van der Waals surface area contributed by atoms with Gasteiger partial charge in [-0.1, -0.05) is 67.6 Å². The van der Waals surface area contributed by atoms with Crippen molar-refractivity contribution >= 4 is 5.91 Å². The van der Waals surface area contributed by atoms with E-state index in [0.717, 1.165) is 43.9 Å². The van der Waals surface area contributed by atoms with Gasteiger partial charge in [0.15, 0.2) is 0 Å². The molecule has 0 aromatic heterocycles. The van der Waals surface area contributed by atoms with E-state index in [1.165, 1.54) is 0 Å². The van der Waals surface area contributed by atoms with E-state index in [1.54, 1.807) is 0 Å². The maximum atomic E-state index is 13.0. The number of nitrogens with one attached hydrogen (secondary N) is 1. The molecule has 1 saturated heterocycles. The van der Waals surface area contributed by atoms with Crippen molar-refractivity contribution in [1.29, 1.82) is 0 Å². The second kappa shape index (κ2) is 8.97. The summed E-state index contributed by atoms with van der Waals surface area (Å²) in [4.78, 5) is 17.7. The number of carbonyl (C=O) groups is 1. The first-order valence-electron chi connectivity index (χ1n) is 9.55. The van der Waals surface area contributed by atoms with E-state index >= 15 is 0 Å². The Morgan fingerprint density at radius 1 is 0.923 bits per heavy atom. The van der Waals surface area contributed by atoms with Gasteiger partial charge in [-0.3, -0.25) is 9.69 Å². The first kappa shape index (κ1) is 18.6. The Bertz CT molecular complexity index is 642. The van der Waals surface area contributed by atoms with Crippen LogP contribution in [0.25, 0.3) is 0 Å². The minimum absolute atomic E-state index is 0.0904. The smallest absolute Gasteiger partial charge is 0.237 e. The van der Waals surface area contributed by atoms with Gasteiger partial charge in [0.25, 0.3) is 0 Å². The Morgan fingerprint density at radius 3 is 1.88 bits per heavy atom. The molecule has 138 valence electrons. The van der Waals surface area contributed by atoms with Crippen molar-refractivity contribution in [2.75, 3.05) is 32.7 Å². The maximum Gasteiger partial charge on any atom is 0.237 e. The zero-order chi connectivity index (χ0) is 18.4. The van der Waals surface area contributed by atoms with Crippen LogP contribution in [0, 0.1) is 0 Å². The van der Waals surface area contributed by atoms with E-state index in [4.69, 9.17) is 0 Å². The number of carbonyl (C=O) groups excluding carboxylic acids is 1. The highest BCUT2D eigenvalue weighted by molar-refractivity contribution is 5.82. The van der Waals surface area contributed by atoms with E-state index in [1.807, 2.05) is 43.3 Å². The van der Waals surface area contributed by atoms with Crippen LogP contribution in [0.3, 0.4) is 0 Å². The second-order valence-corrected chi connectivity index (χ2v) is 6.91. The summed E-state index contributed by atoms with van der Waals surface area (Å²) in [6.07, 6.45) is 0. The molecule has 2 aromatic carbocycles. The summed E-state index contributed by atoms with van der Waals surface area (Å²) in [6.45, 7) is 9.26. The molecule has 1 amide bonds. The lowest BCUT2D eigenvalue weighted by Crippen LogP contribution is -2.54. The molecule has 2 aromatic rings. The fourth-order valence-electron chi connectivity index (χ4n) is 3.55. The SMILES string of the molecule is CCN1CCN(C(C)C(=O)NC(c2ccccc2)c2ccccc2)CC1. The van der Waals surface area contributed by atoms with Gasteiger partial charge in [0.1, 0.15) is 0 Å². The average Bonchev–Trinajstić information content (AvgIpc) is 2.72. The molecular weight excluding hydrogens is 322 g/mol. The zero-order valence-electron chi connectivity index (χ0n) is 15.8. The lowest BCUT2D eigenvalue weighted by atomic mass is 9.98. The number of amides is 1. The van der Waals surface area contributed by atoms with Crippen LogP contribution >= 0.6 is 0 Å². The predicted molar refractivity (Wildman–Crippen MR) is 106 cm³/mol. The fourth-order valence-corrected chi connectivity index (χ4v) is 3.55. The monoisotopic (exact) mass is 351 g/mol. The Kier molecular flexibility index (Phi) is 6.42. The molecule has 0 aliphatic carbocycles. The Morgan fingerprint density at radius 2 is 1.42 bits per heavy atom. The van der Waals surface area contributed by atoms with Gasteiger partial charge in [-0.2, -0.15) is 0 Å². The number of nitrogens with zero attached hydrogens (tertiary/aromatic N) is 2. The highest BCUT2D eigenvalue weighted by atomic mass is 16.2. The topological polar surface area (TPSA) is 35.6 Å². The number of piperazine rings is 1. The van der Waals surface area contributed by atoms with Crippen LogP contribution in [0.5, 0.6) is 0 Å². The minimum Gasteiger partial charge on any atom is -0.344 e. The van der Waals surface area contributed by atoms with Crippen molar-refractivity contribution in [2.24, 2.45) is 0 Å². The summed E-state index contributed by atoms with van der Waals surface area (Å²) in [5.74, 6) is 0.0904. The third-order valence-electron chi connectivity index (χ3n) is 5.33. The van der Waals surface area contributed by atoms with Crippen molar-refractivity contribution in [3.8, 4) is 0 Å². The number of likely N-dealkylation sites (N-methyl/N-ethyl adjacent to an activating group) is 1. The van der Waals surface area contributed by atoms with E-state index in [9.17, 15) is 4.79 Å². The largest absolute Gasteiger partial charge is 0.344 e.